The Morgan fingerprint density at radius 1 is 1.35 bits per heavy atom. The first-order valence-electron chi connectivity index (χ1n) is 8.56. The van der Waals surface area contributed by atoms with Crippen molar-refractivity contribution in [3.63, 3.8) is 0 Å². The summed E-state index contributed by atoms with van der Waals surface area (Å²) < 4.78 is 9.35. The largest absolute Gasteiger partial charge is 0.477 e. The highest BCUT2D eigenvalue weighted by atomic mass is 16.5. The number of rotatable bonds is 5. The van der Waals surface area contributed by atoms with Gasteiger partial charge in [0.2, 0.25) is 0 Å². The molecule has 4 rings (SSSR count). The third-order valence-corrected chi connectivity index (χ3v) is 4.43. The van der Waals surface area contributed by atoms with Crippen molar-refractivity contribution in [2.24, 2.45) is 0 Å². The predicted molar refractivity (Wildman–Crippen MR) is 91.8 cm³/mol. The van der Waals surface area contributed by atoms with Crippen LogP contribution in [0.5, 0.6) is 0 Å². The monoisotopic (exact) mass is 356 g/mol. The van der Waals surface area contributed by atoms with E-state index in [-0.39, 0.29) is 11.7 Å². The van der Waals surface area contributed by atoms with Gasteiger partial charge in [0, 0.05) is 56.6 Å². The fraction of sp³-hybridized carbons (Fsp3) is 0.412. The van der Waals surface area contributed by atoms with Crippen LogP contribution in [-0.4, -0.2) is 66.2 Å². The van der Waals surface area contributed by atoms with Crippen LogP contribution in [0.4, 0.5) is 0 Å². The zero-order chi connectivity index (χ0) is 17.9. The van der Waals surface area contributed by atoms with Crippen LogP contribution in [0.15, 0.2) is 37.1 Å². The van der Waals surface area contributed by atoms with Gasteiger partial charge in [-0.15, -0.1) is 0 Å². The highest BCUT2D eigenvalue weighted by molar-refractivity contribution is 5.93. The van der Waals surface area contributed by atoms with Gasteiger partial charge in [0.1, 0.15) is 5.56 Å². The maximum absolute atomic E-state index is 11.2. The first-order valence-corrected chi connectivity index (χ1v) is 8.56. The number of aromatic carboxylic acids is 1. The smallest absolute Gasteiger partial charge is 0.341 e. The van der Waals surface area contributed by atoms with E-state index in [4.69, 9.17) is 9.84 Å². The third kappa shape index (κ3) is 3.58. The molecule has 9 nitrogen and oxygen atoms in total. The Morgan fingerprint density at radius 3 is 3.08 bits per heavy atom. The second-order valence-electron chi connectivity index (χ2n) is 6.40. The van der Waals surface area contributed by atoms with E-state index in [1.165, 1.54) is 10.7 Å². The Bertz CT molecular complexity index is 891. The second-order valence-corrected chi connectivity index (χ2v) is 6.40. The van der Waals surface area contributed by atoms with E-state index in [1.54, 1.807) is 12.4 Å². The number of carboxylic acid groups (broad SMARTS) is 1. The molecule has 0 aliphatic carbocycles. The van der Waals surface area contributed by atoms with Crippen LogP contribution < -0.4 is 0 Å². The Kier molecular flexibility index (Phi) is 4.63. The van der Waals surface area contributed by atoms with Crippen molar-refractivity contribution in [2.75, 3.05) is 19.7 Å². The molecule has 3 aromatic rings. The van der Waals surface area contributed by atoms with Gasteiger partial charge in [-0.05, 0) is 12.5 Å². The van der Waals surface area contributed by atoms with Gasteiger partial charge in [-0.2, -0.15) is 10.2 Å². The maximum Gasteiger partial charge on any atom is 0.341 e. The van der Waals surface area contributed by atoms with E-state index < -0.39 is 5.97 Å². The van der Waals surface area contributed by atoms with Crippen molar-refractivity contribution < 1.29 is 14.6 Å². The van der Waals surface area contributed by atoms with Gasteiger partial charge < -0.3 is 9.84 Å². The number of ether oxygens (including phenoxy) is 1. The molecule has 1 aliphatic rings. The molecule has 1 saturated heterocycles. The molecule has 1 aliphatic heterocycles. The fourth-order valence-corrected chi connectivity index (χ4v) is 3.25. The highest BCUT2D eigenvalue weighted by Crippen LogP contribution is 2.14. The van der Waals surface area contributed by atoms with Gasteiger partial charge >= 0.3 is 5.97 Å². The number of aromatic nitrogens is 5. The third-order valence-electron chi connectivity index (χ3n) is 4.43. The van der Waals surface area contributed by atoms with Crippen molar-refractivity contribution in [3.8, 4) is 0 Å². The number of carbonyl (C=O) groups is 1. The van der Waals surface area contributed by atoms with Gasteiger partial charge in [0.05, 0.1) is 18.8 Å². The summed E-state index contributed by atoms with van der Waals surface area (Å²) in [6, 6.07) is 1.91. The molecule has 4 heterocycles. The van der Waals surface area contributed by atoms with E-state index in [0.717, 1.165) is 38.2 Å². The lowest BCUT2D eigenvalue weighted by atomic mass is 10.2. The molecule has 1 fully saturated rings. The summed E-state index contributed by atoms with van der Waals surface area (Å²) in [7, 11) is 0. The Labute approximate surface area is 149 Å². The standard InChI is InChI=1S/C17H20N6O3/c24-17(25)15-8-20-23-10-13(7-18-16(15)23)9-21-4-2-6-26-14(11-21)12-22-5-1-3-19-22/h1,3,5,7-8,10,14H,2,4,6,9,11-12H2,(H,24,25)/t14-/m0/s1. The molecule has 3 aromatic heterocycles. The molecule has 0 amide bonds. The van der Waals surface area contributed by atoms with Gasteiger partial charge in [-0.3, -0.25) is 9.58 Å². The minimum absolute atomic E-state index is 0.0809. The van der Waals surface area contributed by atoms with Crippen molar-refractivity contribution in [2.45, 2.75) is 25.6 Å². The predicted octanol–water partition coefficient (Wildman–Crippen LogP) is 0.915. The first-order chi connectivity index (χ1) is 12.7. The van der Waals surface area contributed by atoms with Gasteiger partial charge in [-0.1, -0.05) is 0 Å². The molecule has 0 spiro atoms. The summed E-state index contributed by atoms with van der Waals surface area (Å²) in [6.45, 7) is 3.91. The summed E-state index contributed by atoms with van der Waals surface area (Å²) in [4.78, 5) is 17.8. The molecule has 136 valence electrons. The molecule has 26 heavy (non-hydrogen) atoms. The second kappa shape index (κ2) is 7.22. The van der Waals surface area contributed by atoms with Crippen LogP contribution in [0.1, 0.15) is 22.3 Å². The average Bonchev–Trinajstić information content (AvgIpc) is 3.22. The number of carboxylic acids is 1. The zero-order valence-corrected chi connectivity index (χ0v) is 14.2. The quantitative estimate of drug-likeness (QED) is 0.726. The number of hydrogen-bond acceptors (Lipinski definition) is 6. The van der Waals surface area contributed by atoms with Gasteiger partial charge in [-0.25, -0.2) is 14.3 Å². The Balaban J connectivity index is 1.46. The van der Waals surface area contributed by atoms with Crippen LogP contribution in [-0.2, 0) is 17.8 Å². The summed E-state index contributed by atoms with van der Waals surface area (Å²) >= 11 is 0. The lowest BCUT2D eigenvalue weighted by molar-refractivity contribution is 0.0391. The average molecular weight is 356 g/mol. The van der Waals surface area contributed by atoms with Crippen molar-refractivity contribution in [1.82, 2.24) is 29.3 Å². The van der Waals surface area contributed by atoms with Gasteiger partial charge in [0.15, 0.2) is 5.65 Å². The minimum atomic E-state index is -1.02. The molecule has 0 aromatic carbocycles. The Morgan fingerprint density at radius 2 is 2.27 bits per heavy atom. The molecule has 0 unspecified atom stereocenters. The highest BCUT2D eigenvalue weighted by Gasteiger charge is 2.20. The van der Waals surface area contributed by atoms with E-state index in [9.17, 15) is 4.79 Å². The van der Waals surface area contributed by atoms with Crippen LogP contribution in [0, 0.1) is 0 Å². The van der Waals surface area contributed by atoms with Crippen LogP contribution in [0.25, 0.3) is 5.65 Å². The van der Waals surface area contributed by atoms with E-state index >= 15 is 0 Å². The lowest BCUT2D eigenvalue weighted by Crippen LogP contribution is -2.34. The van der Waals surface area contributed by atoms with Crippen molar-refractivity contribution >= 4 is 11.6 Å². The molecule has 1 N–H and O–H groups in total. The minimum Gasteiger partial charge on any atom is -0.477 e. The summed E-state index contributed by atoms with van der Waals surface area (Å²) in [5, 5.41) is 17.5. The first kappa shape index (κ1) is 16.7. The summed E-state index contributed by atoms with van der Waals surface area (Å²) in [6.07, 6.45) is 9.64. The zero-order valence-electron chi connectivity index (χ0n) is 14.2. The molecular formula is C17H20N6O3. The molecule has 0 saturated carbocycles. The van der Waals surface area contributed by atoms with E-state index in [2.05, 4.69) is 20.1 Å². The lowest BCUT2D eigenvalue weighted by Gasteiger charge is -2.23. The summed E-state index contributed by atoms with van der Waals surface area (Å²) in [5.74, 6) is -1.02. The van der Waals surface area contributed by atoms with Crippen LogP contribution in [0.3, 0.4) is 0 Å². The molecular weight excluding hydrogens is 336 g/mol. The molecule has 0 bridgehead atoms. The van der Waals surface area contributed by atoms with E-state index in [1.807, 2.05) is 23.1 Å². The topological polar surface area (TPSA) is 97.8 Å². The summed E-state index contributed by atoms with van der Waals surface area (Å²) in [5.41, 5.74) is 1.45. The van der Waals surface area contributed by atoms with Crippen LogP contribution in [0.2, 0.25) is 0 Å². The van der Waals surface area contributed by atoms with Crippen LogP contribution >= 0.6 is 0 Å². The van der Waals surface area contributed by atoms with Crippen molar-refractivity contribution in [1.29, 1.82) is 0 Å². The van der Waals surface area contributed by atoms with E-state index in [0.29, 0.717) is 12.2 Å². The fourth-order valence-electron chi connectivity index (χ4n) is 3.25. The number of hydrogen-bond donors (Lipinski definition) is 1. The molecule has 9 heteroatoms. The molecule has 1 atom stereocenters. The maximum atomic E-state index is 11.2. The van der Waals surface area contributed by atoms with Crippen molar-refractivity contribution in [3.05, 3.63) is 48.2 Å². The Hall–Kier alpha value is -2.78. The molecule has 0 radical (unpaired) electrons. The van der Waals surface area contributed by atoms with Gasteiger partial charge in [0.25, 0.3) is 0 Å². The normalized spacial score (nSPS) is 18.8. The number of nitrogens with zero attached hydrogens (tertiary/aromatic N) is 6. The number of fused-ring (bicyclic) bond motifs is 1. The SMILES string of the molecule is O=C(O)c1cnn2cc(CN3CCCO[C@H](Cn4cccn4)C3)cnc12.